The molecule has 16 heavy (non-hydrogen) atoms. The molecule has 4 heteroatoms. The van der Waals surface area contributed by atoms with E-state index in [4.69, 9.17) is 0 Å². The highest BCUT2D eigenvalue weighted by atomic mass is 16.3. The Bertz CT molecular complexity index is 344. The van der Waals surface area contributed by atoms with Gasteiger partial charge in [-0.05, 0) is 13.8 Å². The summed E-state index contributed by atoms with van der Waals surface area (Å²) in [4.78, 5) is 0. The Morgan fingerprint density at radius 1 is 1.56 bits per heavy atom. The van der Waals surface area contributed by atoms with Crippen LogP contribution in [0.25, 0.3) is 0 Å². The molecule has 1 aromatic heterocycles. The Labute approximate surface area is 97.7 Å². The SMILES string of the molecule is Cc1nn(C)cc1C(C)NCC(C)(C)CO. The van der Waals surface area contributed by atoms with Gasteiger partial charge in [-0.15, -0.1) is 0 Å². The summed E-state index contributed by atoms with van der Waals surface area (Å²) in [5.74, 6) is 0. The van der Waals surface area contributed by atoms with Gasteiger partial charge in [0.25, 0.3) is 0 Å². The van der Waals surface area contributed by atoms with E-state index in [-0.39, 0.29) is 18.1 Å². The van der Waals surface area contributed by atoms with Crippen LogP contribution in [0.3, 0.4) is 0 Å². The first kappa shape index (κ1) is 13.2. The molecular formula is C12H23N3O. The molecule has 1 unspecified atom stereocenters. The van der Waals surface area contributed by atoms with Crippen LogP contribution in [0.1, 0.15) is 38.1 Å². The molecule has 0 radical (unpaired) electrons. The summed E-state index contributed by atoms with van der Waals surface area (Å²) in [5.41, 5.74) is 2.20. The maximum absolute atomic E-state index is 9.18. The molecule has 0 saturated carbocycles. The van der Waals surface area contributed by atoms with Crippen molar-refractivity contribution in [3.05, 3.63) is 17.5 Å². The topological polar surface area (TPSA) is 50.1 Å². The molecule has 0 saturated heterocycles. The molecule has 0 amide bonds. The van der Waals surface area contributed by atoms with Gasteiger partial charge in [0, 0.05) is 43.4 Å². The van der Waals surface area contributed by atoms with Gasteiger partial charge in [0.05, 0.1) is 5.69 Å². The van der Waals surface area contributed by atoms with Crippen LogP contribution in [0, 0.1) is 12.3 Å². The lowest BCUT2D eigenvalue weighted by Gasteiger charge is -2.24. The van der Waals surface area contributed by atoms with Crippen LogP contribution in [0.4, 0.5) is 0 Å². The summed E-state index contributed by atoms with van der Waals surface area (Å²) in [5, 5.41) is 16.9. The number of aliphatic hydroxyl groups excluding tert-OH is 1. The predicted molar refractivity (Wildman–Crippen MR) is 65.2 cm³/mol. The second-order valence-electron chi connectivity index (χ2n) is 5.27. The lowest BCUT2D eigenvalue weighted by molar-refractivity contribution is 0.154. The van der Waals surface area contributed by atoms with Crippen LogP contribution in [0.15, 0.2) is 6.20 Å². The maximum atomic E-state index is 9.18. The number of nitrogens with one attached hydrogen (secondary N) is 1. The van der Waals surface area contributed by atoms with Crippen LogP contribution in [-0.2, 0) is 7.05 Å². The van der Waals surface area contributed by atoms with E-state index in [1.165, 1.54) is 5.56 Å². The van der Waals surface area contributed by atoms with E-state index in [1.807, 2.05) is 38.7 Å². The highest BCUT2D eigenvalue weighted by Crippen LogP contribution is 2.18. The molecule has 4 nitrogen and oxygen atoms in total. The third kappa shape index (κ3) is 3.32. The molecule has 1 rings (SSSR count). The van der Waals surface area contributed by atoms with Crippen LogP contribution in [-0.4, -0.2) is 28.0 Å². The van der Waals surface area contributed by atoms with Crippen LogP contribution >= 0.6 is 0 Å². The van der Waals surface area contributed by atoms with Gasteiger partial charge in [-0.25, -0.2) is 0 Å². The second kappa shape index (κ2) is 4.97. The molecule has 1 atom stereocenters. The minimum Gasteiger partial charge on any atom is -0.396 e. The fraction of sp³-hybridized carbons (Fsp3) is 0.750. The Morgan fingerprint density at radius 2 is 2.19 bits per heavy atom. The van der Waals surface area contributed by atoms with Gasteiger partial charge in [-0.1, -0.05) is 13.8 Å². The van der Waals surface area contributed by atoms with Gasteiger partial charge in [0.1, 0.15) is 0 Å². The van der Waals surface area contributed by atoms with Gasteiger partial charge >= 0.3 is 0 Å². The number of nitrogens with zero attached hydrogens (tertiary/aromatic N) is 2. The molecule has 0 aliphatic heterocycles. The fourth-order valence-corrected chi connectivity index (χ4v) is 1.64. The average molecular weight is 225 g/mol. The second-order valence-corrected chi connectivity index (χ2v) is 5.27. The largest absolute Gasteiger partial charge is 0.396 e. The third-order valence-electron chi connectivity index (χ3n) is 2.83. The number of rotatable bonds is 5. The summed E-state index contributed by atoms with van der Waals surface area (Å²) in [6.45, 7) is 9.21. The number of aliphatic hydroxyl groups is 1. The zero-order valence-electron chi connectivity index (χ0n) is 10.9. The fourth-order valence-electron chi connectivity index (χ4n) is 1.64. The first-order valence-corrected chi connectivity index (χ1v) is 5.70. The molecule has 0 fully saturated rings. The number of aryl methyl sites for hydroxylation is 2. The molecular weight excluding hydrogens is 202 g/mol. The van der Waals surface area contributed by atoms with Gasteiger partial charge in [-0.2, -0.15) is 5.10 Å². The molecule has 0 aliphatic rings. The van der Waals surface area contributed by atoms with Gasteiger partial charge in [0.15, 0.2) is 0 Å². The van der Waals surface area contributed by atoms with Crippen molar-refractivity contribution in [2.24, 2.45) is 12.5 Å². The molecule has 0 bridgehead atoms. The smallest absolute Gasteiger partial charge is 0.0641 e. The summed E-state index contributed by atoms with van der Waals surface area (Å²) >= 11 is 0. The first-order valence-electron chi connectivity index (χ1n) is 5.70. The Kier molecular flexibility index (Phi) is 4.10. The summed E-state index contributed by atoms with van der Waals surface area (Å²) in [7, 11) is 1.93. The molecule has 92 valence electrons. The van der Waals surface area contributed by atoms with Crippen LogP contribution in [0.5, 0.6) is 0 Å². The van der Waals surface area contributed by atoms with Gasteiger partial charge < -0.3 is 10.4 Å². The number of aromatic nitrogens is 2. The standard InChI is InChI=1S/C12H23N3O/c1-9(13-7-12(3,4)8-16)11-6-15(5)14-10(11)2/h6,9,13,16H,7-8H2,1-5H3. The van der Waals surface area contributed by atoms with E-state index in [0.717, 1.165) is 12.2 Å². The highest BCUT2D eigenvalue weighted by molar-refractivity contribution is 5.19. The van der Waals surface area contributed by atoms with Crippen LogP contribution < -0.4 is 5.32 Å². The lowest BCUT2D eigenvalue weighted by Crippen LogP contribution is -2.33. The average Bonchev–Trinajstić information content (AvgIpc) is 2.54. The number of hydrogen-bond donors (Lipinski definition) is 2. The van der Waals surface area contributed by atoms with Gasteiger partial charge in [-0.3, -0.25) is 4.68 Å². The summed E-state index contributed by atoms with van der Waals surface area (Å²) < 4.78 is 1.83. The van der Waals surface area contributed by atoms with E-state index in [0.29, 0.717) is 0 Å². The minimum atomic E-state index is -0.0790. The first-order chi connectivity index (χ1) is 7.35. The molecule has 0 aromatic carbocycles. The minimum absolute atomic E-state index is 0.0790. The molecule has 0 spiro atoms. The maximum Gasteiger partial charge on any atom is 0.0641 e. The monoisotopic (exact) mass is 225 g/mol. The molecule has 2 N–H and O–H groups in total. The lowest BCUT2D eigenvalue weighted by atomic mass is 9.94. The number of hydrogen-bond acceptors (Lipinski definition) is 3. The molecule has 1 heterocycles. The van der Waals surface area contributed by atoms with Gasteiger partial charge in [0.2, 0.25) is 0 Å². The van der Waals surface area contributed by atoms with E-state index in [9.17, 15) is 5.11 Å². The van der Waals surface area contributed by atoms with Crippen molar-refractivity contribution in [1.82, 2.24) is 15.1 Å². The Hall–Kier alpha value is -0.870. The van der Waals surface area contributed by atoms with Crippen molar-refractivity contribution in [2.75, 3.05) is 13.2 Å². The zero-order chi connectivity index (χ0) is 12.3. The Morgan fingerprint density at radius 3 is 2.62 bits per heavy atom. The quantitative estimate of drug-likeness (QED) is 0.796. The van der Waals surface area contributed by atoms with E-state index < -0.39 is 0 Å². The van der Waals surface area contributed by atoms with E-state index in [1.54, 1.807) is 0 Å². The van der Waals surface area contributed by atoms with Crippen molar-refractivity contribution in [1.29, 1.82) is 0 Å². The normalized spacial score (nSPS) is 14.1. The highest BCUT2D eigenvalue weighted by Gasteiger charge is 2.19. The van der Waals surface area contributed by atoms with Crippen molar-refractivity contribution in [3.8, 4) is 0 Å². The predicted octanol–water partition coefficient (Wildman–Crippen LogP) is 1.40. The zero-order valence-corrected chi connectivity index (χ0v) is 10.9. The van der Waals surface area contributed by atoms with E-state index >= 15 is 0 Å². The third-order valence-corrected chi connectivity index (χ3v) is 2.83. The molecule has 0 aliphatic carbocycles. The van der Waals surface area contributed by atoms with E-state index in [2.05, 4.69) is 17.3 Å². The summed E-state index contributed by atoms with van der Waals surface area (Å²) in [6, 6.07) is 0.263. The summed E-state index contributed by atoms with van der Waals surface area (Å²) in [6.07, 6.45) is 2.04. The molecule has 1 aromatic rings. The van der Waals surface area contributed by atoms with Crippen molar-refractivity contribution in [2.45, 2.75) is 33.7 Å². The van der Waals surface area contributed by atoms with Crippen molar-refractivity contribution >= 4 is 0 Å². The van der Waals surface area contributed by atoms with Crippen molar-refractivity contribution in [3.63, 3.8) is 0 Å². The Balaban J connectivity index is 2.59. The van der Waals surface area contributed by atoms with Crippen LogP contribution in [0.2, 0.25) is 0 Å². The van der Waals surface area contributed by atoms with Crippen molar-refractivity contribution < 1.29 is 5.11 Å².